The fraction of sp³-hybridized carbons (Fsp3) is 0.188. The van der Waals surface area contributed by atoms with E-state index < -0.39 is 11.9 Å². The molecule has 0 bridgehead atoms. The van der Waals surface area contributed by atoms with Crippen molar-refractivity contribution in [3.8, 4) is 5.75 Å². The lowest BCUT2D eigenvalue weighted by atomic mass is 10.2. The second-order valence-electron chi connectivity index (χ2n) is 4.53. The maximum Gasteiger partial charge on any atom is 0.261 e. The molecule has 0 aliphatic heterocycles. The second-order valence-corrected chi connectivity index (χ2v) is 4.93. The summed E-state index contributed by atoms with van der Waals surface area (Å²) in [5.74, 6) is -0.384. The van der Waals surface area contributed by atoms with Crippen LogP contribution in [0.3, 0.4) is 0 Å². The first kappa shape index (κ1) is 15.3. The van der Waals surface area contributed by atoms with Crippen LogP contribution >= 0.6 is 11.6 Å². The van der Waals surface area contributed by atoms with Gasteiger partial charge in [0.2, 0.25) is 0 Å². The molecule has 2 aromatic carbocycles. The van der Waals surface area contributed by atoms with Crippen LogP contribution < -0.4 is 10.1 Å². The Morgan fingerprint density at radius 1 is 1.29 bits per heavy atom. The summed E-state index contributed by atoms with van der Waals surface area (Å²) in [4.78, 5) is 11.9. The van der Waals surface area contributed by atoms with E-state index in [4.69, 9.17) is 16.3 Å². The molecule has 0 saturated carbocycles. The van der Waals surface area contributed by atoms with E-state index >= 15 is 0 Å². The number of carbonyl (C=O) groups excluding carboxylic acids is 1. The van der Waals surface area contributed by atoms with Gasteiger partial charge < -0.3 is 10.1 Å². The van der Waals surface area contributed by atoms with E-state index in [0.29, 0.717) is 17.3 Å². The zero-order valence-corrected chi connectivity index (χ0v) is 12.2. The second kappa shape index (κ2) is 7.09. The van der Waals surface area contributed by atoms with E-state index in [1.807, 2.05) is 18.2 Å². The molecule has 0 fully saturated rings. The number of carbonyl (C=O) groups is 1. The van der Waals surface area contributed by atoms with Gasteiger partial charge in [-0.1, -0.05) is 35.9 Å². The molecule has 3 nitrogen and oxygen atoms in total. The maximum atomic E-state index is 13.0. The highest BCUT2D eigenvalue weighted by atomic mass is 35.5. The molecule has 0 aliphatic carbocycles. The van der Waals surface area contributed by atoms with Crippen molar-refractivity contribution < 1.29 is 13.9 Å². The highest BCUT2D eigenvalue weighted by Gasteiger charge is 2.14. The summed E-state index contributed by atoms with van der Waals surface area (Å²) in [7, 11) is 0. The maximum absolute atomic E-state index is 13.0. The summed E-state index contributed by atoms with van der Waals surface area (Å²) in [6.07, 6.45) is -0.728. The molecule has 1 unspecified atom stereocenters. The van der Waals surface area contributed by atoms with Crippen molar-refractivity contribution in [3.63, 3.8) is 0 Å². The molecule has 21 heavy (non-hydrogen) atoms. The molecule has 0 heterocycles. The topological polar surface area (TPSA) is 38.3 Å². The molecule has 0 radical (unpaired) electrons. The van der Waals surface area contributed by atoms with Gasteiger partial charge in [0.15, 0.2) is 6.10 Å². The lowest BCUT2D eigenvalue weighted by Crippen LogP contribution is -2.35. The average molecular weight is 308 g/mol. The summed E-state index contributed by atoms with van der Waals surface area (Å²) >= 11 is 6.01. The highest BCUT2D eigenvalue weighted by Crippen LogP contribution is 2.15. The predicted octanol–water partition coefficient (Wildman–Crippen LogP) is 3.56. The SMILES string of the molecule is CC(Oc1cccc(F)c1)C(=O)NCc1ccccc1Cl. The molecule has 2 aromatic rings. The first-order valence-electron chi connectivity index (χ1n) is 6.49. The minimum absolute atomic E-state index is 0.292. The average Bonchev–Trinajstić information content (AvgIpc) is 2.46. The molecule has 110 valence electrons. The fourth-order valence-electron chi connectivity index (χ4n) is 1.77. The van der Waals surface area contributed by atoms with Crippen molar-refractivity contribution in [2.75, 3.05) is 0 Å². The standard InChI is InChI=1S/C16H15ClFNO2/c1-11(21-14-7-4-6-13(18)9-14)16(20)19-10-12-5-2-3-8-15(12)17/h2-9,11H,10H2,1H3,(H,19,20). The molecular formula is C16H15ClFNO2. The van der Waals surface area contributed by atoms with E-state index in [-0.39, 0.29) is 5.91 Å². The number of hydrogen-bond acceptors (Lipinski definition) is 2. The van der Waals surface area contributed by atoms with Crippen molar-refractivity contribution in [2.24, 2.45) is 0 Å². The van der Waals surface area contributed by atoms with E-state index in [1.54, 1.807) is 19.1 Å². The predicted molar refractivity (Wildman–Crippen MR) is 79.8 cm³/mol. The molecule has 0 spiro atoms. The van der Waals surface area contributed by atoms with Crippen molar-refractivity contribution in [1.29, 1.82) is 0 Å². The molecule has 2 rings (SSSR count). The Labute approximate surface area is 127 Å². The van der Waals surface area contributed by atoms with Gasteiger partial charge in [0.05, 0.1) is 0 Å². The van der Waals surface area contributed by atoms with Gasteiger partial charge in [-0.2, -0.15) is 0 Å². The van der Waals surface area contributed by atoms with E-state index in [1.165, 1.54) is 18.2 Å². The molecule has 0 aliphatic rings. The number of benzene rings is 2. The normalized spacial score (nSPS) is 11.8. The van der Waals surface area contributed by atoms with Gasteiger partial charge in [-0.3, -0.25) is 4.79 Å². The molecule has 0 aromatic heterocycles. The summed E-state index contributed by atoms with van der Waals surface area (Å²) in [5.41, 5.74) is 0.825. The van der Waals surface area contributed by atoms with Gasteiger partial charge in [-0.05, 0) is 30.7 Å². The first-order valence-corrected chi connectivity index (χ1v) is 6.87. The van der Waals surface area contributed by atoms with Gasteiger partial charge in [0.1, 0.15) is 11.6 Å². The van der Waals surface area contributed by atoms with Gasteiger partial charge in [0, 0.05) is 17.6 Å². The Hall–Kier alpha value is -2.07. The van der Waals surface area contributed by atoms with Crippen LogP contribution in [0.15, 0.2) is 48.5 Å². The Balaban J connectivity index is 1.90. The quantitative estimate of drug-likeness (QED) is 0.917. The van der Waals surface area contributed by atoms with Gasteiger partial charge >= 0.3 is 0 Å². The van der Waals surface area contributed by atoms with Crippen molar-refractivity contribution in [2.45, 2.75) is 19.6 Å². The Morgan fingerprint density at radius 2 is 2.05 bits per heavy atom. The molecule has 1 atom stereocenters. The minimum atomic E-state index is -0.728. The fourth-order valence-corrected chi connectivity index (χ4v) is 1.97. The van der Waals surface area contributed by atoms with Crippen LogP contribution in [0.2, 0.25) is 5.02 Å². The molecule has 5 heteroatoms. The number of rotatable bonds is 5. The van der Waals surface area contributed by atoms with Crippen LogP contribution in [0, 0.1) is 5.82 Å². The summed E-state index contributed by atoms with van der Waals surface area (Å²) in [6.45, 7) is 1.92. The van der Waals surface area contributed by atoms with Gasteiger partial charge in [-0.15, -0.1) is 0 Å². The largest absolute Gasteiger partial charge is 0.481 e. The van der Waals surface area contributed by atoms with E-state index in [9.17, 15) is 9.18 Å². The minimum Gasteiger partial charge on any atom is -0.481 e. The van der Waals surface area contributed by atoms with Crippen molar-refractivity contribution in [3.05, 3.63) is 64.9 Å². The Bertz CT molecular complexity index is 633. The van der Waals surface area contributed by atoms with Crippen LogP contribution in [-0.2, 0) is 11.3 Å². The summed E-state index contributed by atoms with van der Waals surface area (Å²) < 4.78 is 18.4. The number of amides is 1. The van der Waals surface area contributed by atoms with Gasteiger partial charge in [-0.25, -0.2) is 4.39 Å². The molecule has 0 saturated heterocycles. The highest BCUT2D eigenvalue weighted by molar-refractivity contribution is 6.31. The van der Waals surface area contributed by atoms with E-state index in [0.717, 1.165) is 5.56 Å². The lowest BCUT2D eigenvalue weighted by Gasteiger charge is -2.15. The van der Waals surface area contributed by atoms with Crippen LogP contribution in [0.4, 0.5) is 4.39 Å². The van der Waals surface area contributed by atoms with Crippen molar-refractivity contribution in [1.82, 2.24) is 5.32 Å². The molecular weight excluding hydrogens is 293 g/mol. The first-order chi connectivity index (χ1) is 10.1. The number of hydrogen-bond donors (Lipinski definition) is 1. The van der Waals surface area contributed by atoms with Crippen LogP contribution in [0.1, 0.15) is 12.5 Å². The zero-order chi connectivity index (χ0) is 15.2. The third-order valence-corrected chi connectivity index (χ3v) is 3.26. The smallest absolute Gasteiger partial charge is 0.261 e. The number of nitrogens with one attached hydrogen (secondary N) is 1. The third-order valence-electron chi connectivity index (χ3n) is 2.89. The third kappa shape index (κ3) is 4.46. The molecule has 1 N–H and O–H groups in total. The number of ether oxygens (including phenoxy) is 1. The summed E-state index contributed by atoms with van der Waals surface area (Å²) in [6, 6.07) is 12.9. The van der Waals surface area contributed by atoms with Crippen LogP contribution in [0.5, 0.6) is 5.75 Å². The molecule has 1 amide bonds. The lowest BCUT2D eigenvalue weighted by molar-refractivity contribution is -0.127. The van der Waals surface area contributed by atoms with E-state index in [2.05, 4.69) is 5.32 Å². The number of halogens is 2. The summed E-state index contributed by atoms with van der Waals surface area (Å²) in [5, 5.41) is 3.33. The van der Waals surface area contributed by atoms with Crippen LogP contribution in [0.25, 0.3) is 0 Å². The van der Waals surface area contributed by atoms with Gasteiger partial charge in [0.25, 0.3) is 5.91 Å². The monoisotopic (exact) mass is 307 g/mol. The Morgan fingerprint density at radius 3 is 2.76 bits per heavy atom. The zero-order valence-electron chi connectivity index (χ0n) is 11.5. The Kier molecular flexibility index (Phi) is 5.17. The van der Waals surface area contributed by atoms with Crippen molar-refractivity contribution >= 4 is 17.5 Å². The van der Waals surface area contributed by atoms with Crippen LogP contribution in [-0.4, -0.2) is 12.0 Å².